The number of nitrogens with one attached hydrogen (secondary N) is 1. The molecule has 0 radical (unpaired) electrons. The molecule has 0 heterocycles. The minimum atomic E-state index is 0.530. The van der Waals surface area contributed by atoms with Gasteiger partial charge in [0.15, 0.2) is 0 Å². The SMILES string of the molecule is C=C/C(C)=C\C(=C/C)Nc1ccccc1OCCOC.CC. The van der Waals surface area contributed by atoms with Crippen LogP contribution >= 0.6 is 0 Å². The van der Waals surface area contributed by atoms with Crippen molar-refractivity contribution < 1.29 is 9.47 Å². The van der Waals surface area contributed by atoms with E-state index in [1.807, 2.05) is 70.2 Å². The second-order valence-corrected chi connectivity index (χ2v) is 4.30. The van der Waals surface area contributed by atoms with Crippen molar-refractivity contribution in [1.29, 1.82) is 0 Å². The van der Waals surface area contributed by atoms with Gasteiger partial charge in [-0.15, -0.1) is 0 Å². The summed E-state index contributed by atoms with van der Waals surface area (Å²) in [7, 11) is 1.66. The lowest BCUT2D eigenvalue weighted by Gasteiger charge is -2.13. The highest BCUT2D eigenvalue weighted by Gasteiger charge is 2.03. The summed E-state index contributed by atoms with van der Waals surface area (Å²) in [6.45, 7) is 12.9. The highest BCUT2D eigenvalue weighted by molar-refractivity contribution is 5.61. The van der Waals surface area contributed by atoms with Crippen LogP contribution in [0.4, 0.5) is 5.69 Å². The smallest absolute Gasteiger partial charge is 0.142 e. The Morgan fingerprint density at radius 3 is 2.50 bits per heavy atom. The molecule has 0 aliphatic rings. The van der Waals surface area contributed by atoms with Gasteiger partial charge in [0.05, 0.1) is 12.3 Å². The van der Waals surface area contributed by atoms with Crippen LogP contribution in [0, 0.1) is 0 Å². The van der Waals surface area contributed by atoms with Gasteiger partial charge in [0.2, 0.25) is 0 Å². The topological polar surface area (TPSA) is 30.5 Å². The first-order valence-electron chi connectivity index (χ1n) is 7.66. The Kier molecular flexibility index (Phi) is 11.6. The van der Waals surface area contributed by atoms with E-state index < -0.39 is 0 Å². The van der Waals surface area contributed by atoms with E-state index in [2.05, 4.69) is 11.9 Å². The summed E-state index contributed by atoms with van der Waals surface area (Å²) >= 11 is 0. The molecule has 1 N–H and O–H groups in total. The van der Waals surface area contributed by atoms with Crippen molar-refractivity contribution in [3.63, 3.8) is 0 Å². The van der Waals surface area contributed by atoms with E-state index in [-0.39, 0.29) is 0 Å². The van der Waals surface area contributed by atoms with Gasteiger partial charge >= 0.3 is 0 Å². The molecule has 0 atom stereocenters. The standard InChI is InChI=1S/C17H23NO2.C2H6/c1-5-14(3)13-15(6-2)18-16-9-7-8-10-17(16)20-12-11-19-4;1-2/h5-10,13,18H,1,11-12H2,2-4H3;1-2H3/b14-13-,15-6+;. The minimum absolute atomic E-state index is 0.530. The Balaban J connectivity index is 0.00000211. The molecule has 0 aliphatic carbocycles. The largest absolute Gasteiger partial charge is 0.489 e. The van der Waals surface area contributed by atoms with Crippen LogP contribution in [-0.4, -0.2) is 20.3 Å². The molecule has 0 spiro atoms. The van der Waals surface area contributed by atoms with Gasteiger partial charge in [0.1, 0.15) is 12.4 Å². The average Bonchev–Trinajstić information content (AvgIpc) is 2.57. The molecule has 0 saturated heterocycles. The molecule has 0 amide bonds. The summed E-state index contributed by atoms with van der Waals surface area (Å²) in [5.74, 6) is 0.813. The van der Waals surface area contributed by atoms with E-state index in [1.165, 1.54) is 0 Å². The maximum absolute atomic E-state index is 5.70. The number of benzene rings is 1. The predicted molar refractivity (Wildman–Crippen MR) is 96.5 cm³/mol. The van der Waals surface area contributed by atoms with E-state index in [0.29, 0.717) is 13.2 Å². The van der Waals surface area contributed by atoms with Crippen molar-refractivity contribution in [3.05, 3.63) is 60.3 Å². The lowest BCUT2D eigenvalue weighted by molar-refractivity contribution is 0.146. The fourth-order valence-corrected chi connectivity index (χ4v) is 1.58. The van der Waals surface area contributed by atoms with Gasteiger partial charge < -0.3 is 14.8 Å². The Morgan fingerprint density at radius 1 is 1.23 bits per heavy atom. The number of allylic oxidation sites excluding steroid dienone is 4. The zero-order valence-electron chi connectivity index (χ0n) is 14.5. The first kappa shape index (κ1) is 20.0. The predicted octanol–water partition coefficient (Wildman–Crippen LogP) is 5.19. The molecular weight excluding hydrogens is 274 g/mol. The van der Waals surface area contributed by atoms with Crippen LogP contribution in [0.3, 0.4) is 0 Å². The number of anilines is 1. The van der Waals surface area contributed by atoms with Crippen LogP contribution in [0.15, 0.2) is 60.3 Å². The second-order valence-electron chi connectivity index (χ2n) is 4.30. The van der Waals surface area contributed by atoms with Crippen LogP contribution in [-0.2, 0) is 4.74 Å². The number of hydrogen-bond acceptors (Lipinski definition) is 3. The Morgan fingerprint density at radius 2 is 1.91 bits per heavy atom. The number of rotatable bonds is 8. The summed E-state index contributed by atoms with van der Waals surface area (Å²) in [6, 6.07) is 7.86. The molecule has 0 aromatic heterocycles. The highest BCUT2D eigenvalue weighted by atomic mass is 16.5. The minimum Gasteiger partial charge on any atom is -0.489 e. The third kappa shape index (κ3) is 7.70. The van der Waals surface area contributed by atoms with Gasteiger partial charge in [-0.2, -0.15) is 0 Å². The summed E-state index contributed by atoms with van der Waals surface area (Å²) in [6.07, 6.45) is 5.88. The first-order chi connectivity index (χ1) is 10.7. The van der Waals surface area contributed by atoms with Gasteiger partial charge in [-0.1, -0.05) is 44.7 Å². The zero-order valence-corrected chi connectivity index (χ0v) is 14.5. The summed E-state index contributed by atoms with van der Waals surface area (Å²) < 4.78 is 10.7. The van der Waals surface area contributed by atoms with Crippen LogP contribution < -0.4 is 10.1 Å². The molecule has 0 bridgehead atoms. The van der Waals surface area contributed by atoms with Gasteiger partial charge in [0, 0.05) is 12.8 Å². The summed E-state index contributed by atoms with van der Waals surface area (Å²) in [5, 5.41) is 3.36. The van der Waals surface area contributed by atoms with E-state index in [0.717, 1.165) is 22.7 Å². The second kappa shape index (κ2) is 12.7. The van der Waals surface area contributed by atoms with Gasteiger partial charge in [0.25, 0.3) is 0 Å². The normalized spacial score (nSPS) is 11.3. The molecule has 1 aromatic rings. The van der Waals surface area contributed by atoms with Crippen molar-refractivity contribution in [1.82, 2.24) is 0 Å². The molecule has 1 rings (SSSR count). The monoisotopic (exact) mass is 303 g/mol. The van der Waals surface area contributed by atoms with Gasteiger partial charge in [-0.05, 0) is 37.6 Å². The molecule has 0 fully saturated rings. The molecule has 0 unspecified atom stereocenters. The molecule has 1 aromatic carbocycles. The fraction of sp³-hybridized carbons (Fsp3) is 0.368. The molecule has 22 heavy (non-hydrogen) atoms. The molecule has 3 nitrogen and oxygen atoms in total. The summed E-state index contributed by atoms with van der Waals surface area (Å²) in [4.78, 5) is 0. The molecule has 3 heteroatoms. The maximum atomic E-state index is 5.70. The van der Waals surface area contributed by atoms with E-state index in [9.17, 15) is 0 Å². The third-order valence-corrected chi connectivity index (χ3v) is 2.73. The molecular formula is C19H29NO2. The Labute approximate surface area is 135 Å². The van der Waals surface area contributed by atoms with Crippen LogP contribution in [0.1, 0.15) is 27.7 Å². The van der Waals surface area contributed by atoms with Crippen LogP contribution in [0.25, 0.3) is 0 Å². The van der Waals surface area contributed by atoms with Crippen molar-refractivity contribution in [2.45, 2.75) is 27.7 Å². The quantitative estimate of drug-likeness (QED) is 0.530. The van der Waals surface area contributed by atoms with Crippen molar-refractivity contribution in [3.8, 4) is 5.75 Å². The highest BCUT2D eigenvalue weighted by Crippen LogP contribution is 2.25. The molecule has 122 valence electrons. The van der Waals surface area contributed by atoms with Crippen LogP contribution in [0.5, 0.6) is 5.75 Å². The lowest BCUT2D eigenvalue weighted by atomic mass is 10.2. The number of para-hydroxylation sites is 2. The first-order valence-corrected chi connectivity index (χ1v) is 7.66. The maximum Gasteiger partial charge on any atom is 0.142 e. The van der Waals surface area contributed by atoms with E-state index >= 15 is 0 Å². The summed E-state index contributed by atoms with van der Waals surface area (Å²) in [5.41, 5.74) is 3.04. The fourth-order valence-electron chi connectivity index (χ4n) is 1.58. The van der Waals surface area contributed by atoms with Crippen molar-refractivity contribution in [2.24, 2.45) is 0 Å². The lowest BCUT2D eigenvalue weighted by Crippen LogP contribution is -2.06. The van der Waals surface area contributed by atoms with Gasteiger partial charge in [-0.25, -0.2) is 0 Å². The Bertz CT molecular complexity index is 490. The average molecular weight is 303 g/mol. The van der Waals surface area contributed by atoms with Gasteiger partial charge in [-0.3, -0.25) is 0 Å². The van der Waals surface area contributed by atoms with Crippen LogP contribution in [0.2, 0.25) is 0 Å². The Hall–Kier alpha value is -2.00. The molecule has 0 saturated carbocycles. The van der Waals surface area contributed by atoms with E-state index in [1.54, 1.807) is 7.11 Å². The number of methoxy groups -OCH3 is 1. The number of ether oxygens (including phenoxy) is 2. The zero-order chi connectivity index (χ0) is 16.8. The van der Waals surface area contributed by atoms with Crippen molar-refractivity contribution >= 4 is 5.69 Å². The van der Waals surface area contributed by atoms with Crippen molar-refractivity contribution in [2.75, 3.05) is 25.6 Å². The molecule has 0 aliphatic heterocycles. The van der Waals surface area contributed by atoms with E-state index in [4.69, 9.17) is 9.47 Å². The number of hydrogen-bond donors (Lipinski definition) is 1. The third-order valence-electron chi connectivity index (χ3n) is 2.73.